The molecule has 0 aliphatic rings. The lowest BCUT2D eigenvalue weighted by Crippen LogP contribution is -2.32. The standard InChI is InChI=1S/C20H20N2O/c1-2-3-15-22(20(23)17-10-5-4-6-11-17)19-14-13-16-9-7-8-12-18(16)21-19/h4-14H,2-3,15H2,1H3. The first-order valence-electron chi connectivity index (χ1n) is 8.02. The molecule has 0 aliphatic heterocycles. The van der Waals surface area contributed by atoms with Gasteiger partial charge in [0.05, 0.1) is 5.52 Å². The third-order valence-electron chi connectivity index (χ3n) is 3.86. The van der Waals surface area contributed by atoms with Crippen LogP contribution in [-0.2, 0) is 0 Å². The molecule has 0 unspecified atom stereocenters. The quantitative estimate of drug-likeness (QED) is 0.685. The summed E-state index contributed by atoms with van der Waals surface area (Å²) < 4.78 is 0. The third kappa shape index (κ3) is 3.39. The van der Waals surface area contributed by atoms with Gasteiger partial charge in [-0.1, -0.05) is 49.7 Å². The second-order valence-corrected chi connectivity index (χ2v) is 5.54. The van der Waals surface area contributed by atoms with E-state index < -0.39 is 0 Å². The Labute approximate surface area is 136 Å². The second-order valence-electron chi connectivity index (χ2n) is 5.54. The predicted octanol–water partition coefficient (Wildman–Crippen LogP) is 4.68. The molecule has 1 amide bonds. The smallest absolute Gasteiger partial charge is 0.259 e. The minimum Gasteiger partial charge on any atom is -0.293 e. The van der Waals surface area contributed by atoms with E-state index >= 15 is 0 Å². The summed E-state index contributed by atoms with van der Waals surface area (Å²) in [6.07, 6.45) is 1.99. The topological polar surface area (TPSA) is 33.2 Å². The summed E-state index contributed by atoms with van der Waals surface area (Å²) in [6, 6.07) is 21.3. The molecule has 2 aromatic carbocycles. The van der Waals surface area contributed by atoms with Crippen LogP contribution in [0, 0.1) is 0 Å². The van der Waals surface area contributed by atoms with Gasteiger partial charge in [0.1, 0.15) is 5.82 Å². The number of fused-ring (bicyclic) bond motifs is 1. The molecule has 23 heavy (non-hydrogen) atoms. The number of hydrogen-bond donors (Lipinski definition) is 0. The van der Waals surface area contributed by atoms with Gasteiger partial charge in [0, 0.05) is 17.5 Å². The van der Waals surface area contributed by atoms with E-state index in [0.717, 1.165) is 23.7 Å². The van der Waals surface area contributed by atoms with Crippen LogP contribution < -0.4 is 4.90 Å². The van der Waals surface area contributed by atoms with Gasteiger partial charge in [-0.3, -0.25) is 9.69 Å². The number of aromatic nitrogens is 1. The molecule has 0 bridgehead atoms. The first-order valence-corrected chi connectivity index (χ1v) is 8.02. The maximum absolute atomic E-state index is 12.9. The molecule has 0 atom stereocenters. The van der Waals surface area contributed by atoms with E-state index in [4.69, 9.17) is 0 Å². The van der Waals surface area contributed by atoms with Crippen LogP contribution in [-0.4, -0.2) is 17.4 Å². The minimum absolute atomic E-state index is 0.00170. The van der Waals surface area contributed by atoms with Gasteiger partial charge >= 0.3 is 0 Å². The van der Waals surface area contributed by atoms with Gasteiger partial charge < -0.3 is 0 Å². The first-order chi connectivity index (χ1) is 11.3. The summed E-state index contributed by atoms with van der Waals surface area (Å²) >= 11 is 0. The minimum atomic E-state index is 0.00170. The van der Waals surface area contributed by atoms with Crippen molar-refractivity contribution in [2.24, 2.45) is 0 Å². The number of nitrogens with zero attached hydrogens (tertiary/aromatic N) is 2. The molecule has 3 rings (SSSR count). The molecular weight excluding hydrogens is 284 g/mol. The highest BCUT2D eigenvalue weighted by molar-refractivity contribution is 6.06. The van der Waals surface area contributed by atoms with E-state index in [1.54, 1.807) is 4.90 Å². The maximum atomic E-state index is 12.9. The Bertz CT molecular complexity index is 799. The number of carbonyl (C=O) groups is 1. The molecular formula is C20H20N2O. The zero-order valence-electron chi connectivity index (χ0n) is 13.3. The molecule has 116 valence electrons. The van der Waals surface area contributed by atoms with Crippen LogP contribution >= 0.6 is 0 Å². The molecule has 0 N–H and O–H groups in total. The van der Waals surface area contributed by atoms with Crippen molar-refractivity contribution in [3.8, 4) is 0 Å². The van der Waals surface area contributed by atoms with Crippen LogP contribution in [0.2, 0.25) is 0 Å². The normalized spacial score (nSPS) is 10.7. The van der Waals surface area contributed by atoms with Gasteiger partial charge in [-0.15, -0.1) is 0 Å². The molecule has 0 fully saturated rings. The van der Waals surface area contributed by atoms with Gasteiger partial charge in [-0.25, -0.2) is 4.98 Å². The lowest BCUT2D eigenvalue weighted by Gasteiger charge is -2.22. The number of rotatable bonds is 5. The van der Waals surface area contributed by atoms with Crippen LogP contribution in [0.25, 0.3) is 10.9 Å². The Hall–Kier alpha value is -2.68. The molecule has 0 saturated heterocycles. The molecule has 0 spiro atoms. The fraction of sp³-hybridized carbons (Fsp3) is 0.200. The average molecular weight is 304 g/mol. The van der Waals surface area contributed by atoms with Crippen LogP contribution in [0.4, 0.5) is 5.82 Å². The lowest BCUT2D eigenvalue weighted by molar-refractivity contribution is 0.0986. The molecule has 0 radical (unpaired) electrons. The number of para-hydroxylation sites is 1. The molecule has 3 nitrogen and oxygen atoms in total. The van der Waals surface area contributed by atoms with Crippen LogP contribution in [0.1, 0.15) is 30.1 Å². The number of carbonyl (C=O) groups excluding carboxylic acids is 1. The van der Waals surface area contributed by atoms with Gasteiger partial charge in [-0.05, 0) is 36.8 Å². The fourth-order valence-corrected chi connectivity index (χ4v) is 2.58. The van der Waals surface area contributed by atoms with Crippen molar-refractivity contribution in [3.05, 3.63) is 72.3 Å². The highest BCUT2D eigenvalue weighted by atomic mass is 16.2. The third-order valence-corrected chi connectivity index (χ3v) is 3.86. The van der Waals surface area contributed by atoms with Gasteiger partial charge in [0.2, 0.25) is 0 Å². The number of hydrogen-bond acceptors (Lipinski definition) is 2. The maximum Gasteiger partial charge on any atom is 0.259 e. The van der Waals surface area contributed by atoms with Crippen molar-refractivity contribution in [1.82, 2.24) is 4.98 Å². The zero-order chi connectivity index (χ0) is 16.1. The van der Waals surface area contributed by atoms with Crippen LogP contribution in [0.3, 0.4) is 0 Å². The molecule has 3 aromatic rings. The number of benzene rings is 2. The summed E-state index contributed by atoms with van der Waals surface area (Å²) in [4.78, 5) is 19.3. The van der Waals surface area contributed by atoms with Crippen molar-refractivity contribution in [1.29, 1.82) is 0 Å². The highest BCUT2D eigenvalue weighted by Gasteiger charge is 2.18. The molecule has 3 heteroatoms. The van der Waals surface area contributed by atoms with E-state index in [-0.39, 0.29) is 5.91 Å². The first kappa shape index (κ1) is 15.2. The van der Waals surface area contributed by atoms with Crippen molar-refractivity contribution in [2.45, 2.75) is 19.8 Å². The summed E-state index contributed by atoms with van der Waals surface area (Å²) in [6.45, 7) is 2.80. The predicted molar refractivity (Wildman–Crippen MR) is 94.8 cm³/mol. The summed E-state index contributed by atoms with van der Waals surface area (Å²) in [5, 5.41) is 1.08. The van der Waals surface area contributed by atoms with Gasteiger partial charge in [0.25, 0.3) is 5.91 Å². The Morgan fingerprint density at radius 2 is 1.70 bits per heavy atom. The average Bonchev–Trinajstić information content (AvgIpc) is 2.62. The lowest BCUT2D eigenvalue weighted by atomic mass is 10.1. The van der Waals surface area contributed by atoms with Crippen LogP contribution in [0.5, 0.6) is 0 Å². The Kier molecular flexibility index (Phi) is 4.67. The largest absolute Gasteiger partial charge is 0.293 e. The Morgan fingerprint density at radius 3 is 2.48 bits per heavy atom. The van der Waals surface area contributed by atoms with Gasteiger partial charge in [0.15, 0.2) is 0 Å². The molecule has 1 heterocycles. The monoisotopic (exact) mass is 304 g/mol. The summed E-state index contributed by atoms with van der Waals surface area (Å²) in [5.74, 6) is 0.716. The highest BCUT2D eigenvalue weighted by Crippen LogP contribution is 2.20. The number of amides is 1. The van der Waals surface area contributed by atoms with Gasteiger partial charge in [-0.2, -0.15) is 0 Å². The summed E-state index contributed by atoms with van der Waals surface area (Å²) in [5.41, 5.74) is 1.60. The van der Waals surface area contributed by atoms with E-state index in [2.05, 4.69) is 11.9 Å². The van der Waals surface area contributed by atoms with Crippen LogP contribution in [0.15, 0.2) is 66.7 Å². The van der Waals surface area contributed by atoms with E-state index in [1.807, 2.05) is 66.7 Å². The second kappa shape index (κ2) is 7.05. The van der Waals surface area contributed by atoms with E-state index in [1.165, 1.54) is 0 Å². The molecule has 0 saturated carbocycles. The van der Waals surface area contributed by atoms with E-state index in [0.29, 0.717) is 17.9 Å². The number of pyridine rings is 1. The Morgan fingerprint density at radius 1 is 0.957 bits per heavy atom. The SMILES string of the molecule is CCCCN(C(=O)c1ccccc1)c1ccc2ccccc2n1. The molecule has 0 aliphatic carbocycles. The molecule has 1 aromatic heterocycles. The zero-order valence-corrected chi connectivity index (χ0v) is 13.3. The fourth-order valence-electron chi connectivity index (χ4n) is 2.58. The number of unbranched alkanes of at least 4 members (excludes halogenated alkanes) is 1. The van der Waals surface area contributed by atoms with Crippen molar-refractivity contribution >= 4 is 22.6 Å². The summed E-state index contributed by atoms with van der Waals surface area (Å²) in [7, 11) is 0. The van der Waals surface area contributed by atoms with E-state index in [9.17, 15) is 4.79 Å². The van der Waals surface area contributed by atoms with Crippen molar-refractivity contribution < 1.29 is 4.79 Å². The van der Waals surface area contributed by atoms with Crippen molar-refractivity contribution in [3.63, 3.8) is 0 Å². The Balaban J connectivity index is 1.98. The van der Waals surface area contributed by atoms with Crippen molar-refractivity contribution in [2.75, 3.05) is 11.4 Å². The number of anilines is 1.